The van der Waals surface area contributed by atoms with Crippen LogP contribution >= 0.6 is 11.6 Å². The van der Waals surface area contributed by atoms with Crippen molar-refractivity contribution in [1.29, 1.82) is 0 Å². The molecule has 0 saturated heterocycles. The van der Waals surface area contributed by atoms with E-state index in [2.05, 4.69) is 5.32 Å². The van der Waals surface area contributed by atoms with Crippen LogP contribution in [0.15, 0.2) is 12.1 Å². The number of nitrogens with one attached hydrogen (secondary N) is 2. The van der Waals surface area contributed by atoms with Crippen LogP contribution in [0.1, 0.15) is 13.3 Å². The van der Waals surface area contributed by atoms with E-state index in [4.69, 9.17) is 11.6 Å². The predicted molar refractivity (Wildman–Crippen MR) is 71.9 cm³/mol. The largest absolute Gasteiger partial charge is 0.317 e. The monoisotopic (exact) mass is 312 g/mol. The van der Waals surface area contributed by atoms with E-state index in [1.807, 2.05) is 11.6 Å². The van der Waals surface area contributed by atoms with Gasteiger partial charge < -0.3 is 5.32 Å². The Balaban J connectivity index is 2.73. The molecule has 0 aromatic heterocycles. The standard InChI is InChI=1S/C11H15ClF2N2O2S/c1-2-15-4-3-5-19(17,18)16-11-9(12)6-8(13)7-10(11)14/h6-7,15-16H,2-5H2,1H3. The average molecular weight is 313 g/mol. The Kier molecular flexibility index (Phi) is 5.96. The van der Waals surface area contributed by atoms with E-state index in [0.29, 0.717) is 19.0 Å². The minimum atomic E-state index is -3.71. The Bertz CT molecular complexity index is 514. The third-order valence-electron chi connectivity index (χ3n) is 2.28. The summed E-state index contributed by atoms with van der Waals surface area (Å²) in [6.45, 7) is 3.18. The third kappa shape index (κ3) is 5.30. The Morgan fingerprint density at radius 2 is 2.00 bits per heavy atom. The summed E-state index contributed by atoms with van der Waals surface area (Å²) in [5.74, 6) is -2.08. The van der Waals surface area contributed by atoms with Gasteiger partial charge >= 0.3 is 0 Å². The summed E-state index contributed by atoms with van der Waals surface area (Å²) < 4.78 is 51.7. The first kappa shape index (κ1) is 16.1. The Morgan fingerprint density at radius 3 is 2.58 bits per heavy atom. The van der Waals surface area contributed by atoms with Gasteiger partial charge in [-0.25, -0.2) is 17.2 Å². The van der Waals surface area contributed by atoms with Crippen LogP contribution in [0.4, 0.5) is 14.5 Å². The van der Waals surface area contributed by atoms with Gasteiger partial charge in [0.15, 0.2) is 5.82 Å². The van der Waals surface area contributed by atoms with Crippen molar-refractivity contribution in [1.82, 2.24) is 5.32 Å². The molecule has 108 valence electrons. The minimum absolute atomic E-state index is 0.173. The Hall–Kier alpha value is -0.920. The van der Waals surface area contributed by atoms with Crippen molar-refractivity contribution in [3.63, 3.8) is 0 Å². The van der Waals surface area contributed by atoms with E-state index in [9.17, 15) is 17.2 Å². The maximum atomic E-state index is 13.4. The second kappa shape index (κ2) is 7.02. The first-order valence-electron chi connectivity index (χ1n) is 5.71. The number of hydrogen-bond acceptors (Lipinski definition) is 3. The van der Waals surface area contributed by atoms with Crippen LogP contribution < -0.4 is 10.0 Å². The molecule has 0 fully saturated rings. The topological polar surface area (TPSA) is 58.2 Å². The van der Waals surface area contributed by atoms with E-state index < -0.39 is 27.3 Å². The van der Waals surface area contributed by atoms with Crippen molar-refractivity contribution in [3.05, 3.63) is 28.8 Å². The summed E-state index contributed by atoms with van der Waals surface area (Å²) in [5.41, 5.74) is -0.425. The molecule has 0 atom stereocenters. The van der Waals surface area contributed by atoms with Gasteiger partial charge in [0.1, 0.15) is 11.5 Å². The van der Waals surface area contributed by atoms with Gasteiger partial charge in [-0.3, -0.25) is 4.72 Å². The number of anilines is 1. The molecule has 0 bridgehead atoms. The molecule has 8 heteroatoms. The second-order valence-corrected chi connectivity index (χ2v) is 6.12. The van der Waals surface area contributed by atoms with Crippen molar-refractivity contribution < 1.29 is 17.2 Å². The van der Waals surface area contributed by atoms with Crippen molar-refractivity contribution in [2.24, 2.45) is 0 Å². The van der Waals surface area contributed by atoms with E-state index >= 15 is 0 Å². The molecule has 2 N–H and O–H groups in total. The molecular formula is C11H15ClF2N2O2S. The lowest BCUT2D eigenvalue weighted by Gasteiger charge is -2.10. The minimum Gasteiger partial charge on any atom is -0.317 e. The molecule has 4 nitrogen and oxygen atoms in total. The van der Waals surface area contributed by atoms with Gasteiger partial charge in [-0.2, -0.15) is 0 Å². The molecule has 0 aliphatic heterocycles. The molecular weight excluding hydrogens is 298 g/mol. The molecule has 0 radical (unpaired) electrons. The van der Waals surface area contributed by atoms with Gasteiger partial charge in [-0.1, -0.05) is 18.5 Å². The summed E-state index contributed by atoms with van der Waals surface area (Å²) in [6.07, 6.45) is 0.379. The van der Waals surface area contributed by atoms with Crippen LogP contribution in [-0.4, -0.2) is 27.3 Å². The molecule has 0 saturated carbocycles. The fourth-order valence-corrected chi connectivity index (χ4v) is 2.85. The van der Waals surface area contributed by atoms with Gasteiger partial charge in [0, 0.05) is 6.07 Å². The molecule has 19 heavy (non-hydrogen) atoms. The zero-order valence-corrected chi connectivity index (χ0v) is 11.9. The molecule has 0 spiro atoms. The molecule has 1 rings (SSSR count). The molecule has 0 unspecified atom stereocenters. The highest BCUT2D eigenvalue weighted by atomic mass is 35.5. The normalized spacial score (nSPS) is 11.6. The van der Waals surface area contributed by atoms with Gasteiger partial charge in [0.2, 0.25) is 10.0 Å². The summed E-state index contributed by atoms with van der Waals surface area (Å²) in [6, 6.07) is 1.42. The highest BCUT2D eigenvalue weighted by molar-refractivity contribution is 7.92. The lowest BCUT2D eigenvalue weighted by atomic mass is 10.3. The van der Waals surface area contributed by atoms with Crippen LogP contribution in [0.5, 0.6) is 0 Å². The van der Waals surface area contributed by atoms with Gasteiger partial charge in [-0.15, -0.1) is 0 Å². The third-order valence-corrected chi connectivity index (χ3v) is 3.92. The highest BCUT2D eigenvalue weighted by Crippen LogP contribution is 2.27. The molecule has 0 heterocycles. The maximum absolute atomic E-state index is 13.4. The van der Waals surface area contributed by atoms with Gasteiger partial charge in [0.25, 0.3) is 0 Å². The molecule has 0 aliphatic rings. The first-order chi connectivity index (χ1) is 8.85. The quantitative estimate of drug-likeness (QED) is 0.760. The van der Waals surface area contributed by atoms with Crippen LogP contribution in [0.3, 0.4) is 0 Å². The summed E-state index contributed by atoms with van der Waals surface area (Å²) >= 11 is 5.61. The van der Waals surface area contributed by atoms with Crippen molar-refractivity contribution in [2.45, 2.75) is 13.3 Å². The number of sulfonamides is 1. The molecule has 1 aromatic rings. The zero-order valence-electron chi connectivity index (χ0n) is 10.3. The lowest BCUT2D eigenvalue weighted by molar-refractivity contribution is 0.581. The number of hydrogen-bond donors (Lipinski definition) is 2. The maximum Gasteiger partial charge on any atom is 0.232 e. The van der Waals surface area contributed by atoms with Crippen molar-refractivity contribution >= 4 is 27.3 Å². The first-order valence-corrected chi connectivity index (χ1v) is 7.74. The van der Waals surface area contributed by atoms with E-state index in [0.717, 1.165) is 12.6 Å². The predicted octanol–water partition coefficient (Wildman–Crippen LogP) is 2.36. The number of benzene rings is 1. The van der Waals surface area contributed by atoms with Crippen LogP contribution in [0.25, 0.3) is 0 Å². The summed E-state index contributed by atoms with van der Waals surface area (Å²) in [7, 11) is -3.71. The fourth-order valence-electron chi connectivity index (χ4n) is 1.41. The molecule has 0 aliphatic carbocycles. The van der Waals surface area contributed by atoms with E-state index in [1.165, 1.54) is 0 Å². The molecule has 1 aromatic carbocycles. The smallest absolute Gasteiger partial charge is 0.232 e. The molecule has 0 amide bonds. The highest BCUT2D eigenvalue weighted by Gasteiger charge is 2.16. The Morgan fingerprint density at radius 1 is 1.32 bits per heavy atom. The average Bonchev–Trinajstić information content (AvgIpc) is 2.29. The summed E-state index contributed by atoms with van der Waals surface area (Å²) in [5, 5.41) is 2.66. The van der Waals surface area contributed by atoms with Crippen molar-refractivity contribution in [2.75, 3.05) is 23.6 Å². The van der Waals surface area contributed by atoms with Crippen LogP contribution in [0, 0.1) is 11.6 Å². The number of halogens is 3. The SMILES string of the molecule is CCNCCCS(=O)(=O)Nc1c(F)cc(F)cc1Cl. The van der Waals surface area contributed by atoms with E-state index in [-0.39, 0.29) is 10.8 Å². The van der Waals surface area contributed by atoms with Crippen molar-refractivity contribution in [3.8, 4) is 0 Å². The van der Waals surface area contributed by atoms with Gasteiger partial charge in [-0.05, 0) is 25.6 Å². The lowest BCUT2D eigenvalue weighted by Crippen LogP contribution is -2.22. The zero-order chi connectivity index (χ0) is 14.5. The number of rotatable bonds is 7. The van der Waals surface area contributed by atoms with Crippen LogP contribution in [-0.2, 0) is 10.0 Å². The Labute approximate surface area is 116 Å². The second-order valence-electron chi connectivity index (χ2n) is 3.87. The summed E-state index contributed by atoms with van der Waals surface area (Å²) in [4.78, 5) is 0. The van der Waals surface area contributed by atoms with E-state index in [1.54, 1.807) is 0 Å². The fraction of sp³-hybridized carbons (Fsp3) is 0.455. The van der Waals surface area contributed by atoms with Gasteiger partial charge in [0.05, 0.1) is 10.8 Å². The van der Waals surface area contributed by atoms with Crippen LogP contribution in [0.2, 0.25) is 5.02 Å².